The van der Waals surface area contributed by atoms with Gasteiger partial charge in [0.05, 0.1) is 6.54 Å². The van der Waals surface area contributed by atoms with Gasteiger partial charge in [0.2, 0.25) is 5.91 Å². The molecule has 1 aliphatic heterocycles. The van der Waals surface area contributed by atoms with Gasteiger partial charge < -0.3 is 9.84 Å². The molecule has 1 N–H and O–H groups in total. The summed E-state index contributed by atoms with van der Waals surface area (Å²) in [5.41, 5.74) is 0. The highest BCUT2D eigenvalue weighted by Gasteiger charge is 2.10. The molecular weight excluding hydrogens is 258 g/mol. The van der Waals surface area contributed by atoms with E-state index < -0.39 is 0 Å². The summed E-state index contributed by atoms with van der Waals surface area (Å²) < 4.78 is 5.95. The zero-order valence-corrected chi connectivity index (χ0v) is 11.1. The van der Waals surface area contributed by atoms with Crippen LogP contribution in [0.4, 0.5) is 5.82 Å². The van der Waals surface area contributed by atoms with Crippen molar-refractivity contribution in [3.63, 3.8) is 0 Å². The summed E-state index contributed by atoms with van der Waals surface area (Å²) in [6, 6.07) is 1.70. The van der Waals surface area contributed by atoms with Crippen LogP contribution >= 0.6 is 23.5 Å². The normalized spacial score (nSPS) is 14.8. The van der Waals surface area contributed by atoms with Crippen LogP contribution in [0.25, 0.3) is 0 Å². The van der Waals surface area contributed by atoms with E-state index in [0.29, 0.717) is 18.0 Å². The highest BCUT2D eigenvalue weighted by molar-refractivity contribution is 8.39. The van der Waals surface area contributed by atoms with Gasteiger partial charge >= 0.3 is 0 Å². The van der Waals surface area contributed by atoms with Crippen molar-refractivity contribution in [2.45, 2.75) is 13.3 Å². The molecule has 2 heterocycles. The predicted octanol–water partition coefficient (Wildman–Crippen LogP) is 2.15. The summed E-state index contributed by atoms with van der Waals surface area (Å²) in [7, 11) is 0. The van der Waals surface area contributed by atoms with Gasteiger partial charge in [-0.25, -0.2) is 0 Å². The van der Waals surface area contributed by atoms with Crippen LogP contribution in [0.15, 0.2) is 15.6 Å². The lowest BCUT2D eigenvalue weighted by molar-refractivity contribution is -0.115. The summed E-state index contributed by atoms with van der Waals surface area (Å²) in [4.78, 5) is 15.8. The van der Waals surface area contributed by atoms with Crippen molar-refractivity contribution >= 4 is 39.6 Å². The Balaban J connectivity index is 1.67. The number of thioether (sulfide) groups is 2. The van der Waals surface area contributed by atoms with Gasteiger partial charge in [-0.05, 0) is 6.92 Å². The number of anilines is 1. The number of amides is 1. The number of hydrogen-bond donors (Lipinski definition) is 1. The number of rotatable bonds is 4. The molecule has 0 spiro atoms. The number of aromatic nitrogens is 1. The van der Waals surface area contributed by atoms with Crippen molar-refractivity contribution in [2.75, 3.05) is 23.4 Å². The van der Waals surface area contributed by atoms with Gasteiger partial charge in [-0.3, -0.25) is 9.79 Å². The van der Waals surface area contributed by atoms with Crippen molar-refractivity contribution in [1.29, 1.82) is 0 Å². The van der Waals surface area contributed by atoms with E-state index in [1.54, 1.807) is 36.5 Å². The minimum Gasteiger partial charge on any atom is -0.360 e. The van der Waals surface area contributed by atoms with E-state index in [4.69, 9.17) is 4.52 Å². The van der Waals surface area contributed by atoms with E-state index in [-0.39, 0.29) is 5.91 Å². The zero-order chi connectivity index (χ0) is 12.1. The predicted molar refractivity (Wildman–Crippen MR) is 71.7 cm³/mol. The standard InChI is InChI=1S/C10H13N3O2S2/c1-7-6-8(13-15-7)12-9(14)2-4-16-10-11-3-5-17-10/h6H,2-5H2,1H3,(H,12,13,14). The molecule has 2 rings (SSSR count). The summed E-state index contributed by atoms with van der Waals surface area (Å²) in [6.07, 6.45) is 0.455. The van der Waals surface area contributed by atoms with E-state index in [0.717, 1.165) is 22.4 Å². The monoisotopic (exact) mass is 271 g/mol. The molecule has 1 aliphatic rings. The number of aryl methyl sites for hydroxylation is 1. The van der Waals surface area contributed by atoms with Crippen LogP contribution in [-0.4, -0.2) is 33.5 Å². The Kier molecular flexibility index (Phi) is 4.49. The van der Waals surface area contributed by atoms with E-state index in [1.807, 2.05) is 0 Å². The van der Waals surface area contributed by atoms with Crippen molar-refractivity contribution in [3.8, 4) is 0 Å². The molecule has 7 heteroatoms. The van der Waals surface area contributed by atoms with E-state index in [2.05, 4.69) is 15.5 Å². The number of nitrogens with zero attached hydrogens (tertiary/aromatic N) is 2. The maximum Gasteiger partial charge on any atom is 0.226 e. The molecule has 1 aromatic rings. The molecule has 0 atom stereocenters. The molecule has 0 aromatic carbocycles. The third kappa shape index (κ3) is 4.08. The van der Waals surface area contributed by atoms with Gasteiger partial charge in [-0.1, -0.05) is 28.7 Å². The highest BCUT2D eigenvalue weighted by Crippen LogP contribution is 2.22. The minimum atomic E-state index is -0.0469. The molecule has 0 unspecified atom stereocenters. The van der Waals surface area contributed by atoms with Crippen molar-refractivity contribution < 1.29 is 9.32 Å². The van der Waals surface area contributed by atoms with Gasteiger partial charge in [0.25, 0.3) is 0 Å². The van der Waals surface area contributed by atoms with Crippen molar-refractivity contribution in [2.24, 2.45) is 4.99 Å². The quantitative estimate of drug-likeness (QED) is 0.908. The number of hydrogen-bond acceptors (Lipinski definition) is 6. The fourth-order valence-corrected chi connectivity index (χ4v) is 3.28. The first-order valence-corrected chi connectivity index (χ1v) is 7.24. The lowest BCUT2D eigenvalue weighted by Crippen LogP contribution is -2.12. The SMILES string of the molecule is Cc1cc(NC(=O)CCSC2=NCCS2)no1. The van der Waals surface area contributed by atoms with Gasteiger partial charge in [0.1, 0.15) is 10.1 Å². The van der Waals surface area contributed by atoms with Crippen molar-refractivity contribution in [3.05, 3.63) is 11.8 Å². The first-order chi connectivity index (χ1) is 8.24. The fraction of sp³-hybridized carbons (Fsp3) is 0.500. The van der Waals surface area contributed by atoms with Crippen LogP contribution in [0.3, 0.4) is 0 Å². The molecule has 0 bridgehead atoms. The molecule has 92 valence electrons. The topological polar surface area (TPSA) is 67.5 Å². The van der Waals surface area contributed by atoms with Crippen LogP contribution in [0.2, 0.25) is 0 Å². The van der Waals surface area contributed by atoms with E-state index in [9.17, 15) is 4.79 Å². The summed E-state index contributed by atoms with van der Waals surface area (Å²) in [5.74, 6) is 2.92. The molecule has 0 saturated carbocycles. The second kappa shape index (κ2) is 6.11. The van der Waals surface area contributed by atoms with Gasteiger partial charge in [-0.2, -0.15) is 0 Å². The Hall–Kier alpha value is -0.950. The average Bonchev–Trinajstić information content (AvgIpc) is 2.90. The molecule has 0 saturated heterocycles. The number of aliphatic imine (C=N–C) groups is 1. The van der Waals surface area contributed by atoms with Crippen LogP contribution in [0.5, 0.6) is 0 Å². The fourth-order valence-electron chi connectivity index (χ4n) is 1.26. The smallest absolute Gasteiger partial charge is 0.226 e. The lowest BCUT2D eigenvalue weighted by atomic mass is 10.4. The lowest BCUT2D eigenvalue weighted by Gasteiger charge is -2.00. The maximum absolute atomic E-state index is 11.5. The summed E-state index contributed by atoms with van der Waals surface area (Å²) in [5, 5.41) is 6.38. The molecule has 17 heavy (non-hydrogen) atoms. The zero-order valence-electron chi connectivity index (χ0n) is 9.43. The first-order valence-electron chi connectivity index (χ1n) is 5.27. The highest BCUT2D eigenvalue weighted by atomic mass is 32.2. The Morgan fingerprint density at radius 2 is 2.59 bits per heavy atom. The Labute approximate surface area is 108 Å². The molecule has 0 radical (unpaired) electrons. The maximum atomic E-state index is 11.5. The molecule has 1 amide bonds. The molecule has 5 nitrogen and oxygen atoms in total. The second-order valence-electron chi connectivity index (χ2n) is 3.47. The Morgan fingerprint density at radius 1 is 1.71 bits per heavy atom. The van der Waals surface area contributed by atoms with Gasteiger partial charge in [0, 0.05) is 24.0 Å². The van der Waals surface area contributed by atoms with Gasteiger partial charge in [-0.15, -0.1) is 0 Å². The number of carbonyl (C=O) groups excluding carboxylic acids is 1. The third-order valence-electron chi connectivity index (χ3n) is 2.01. The number of nitrogens with one attached hydrogen (secondary N) is 1. The molecule has 0 aliphatic carbocycles. The largest absolute Gasteiger partial charge is 0.360 e. The summed E-state index contributed by atoms with van der Waals surface area (Å²) >= 11 is 3.39. The van der Waals surface area contributed by atoms with Crippen LogP contribution < -0.4 is 5.32 Å². The first kappa shape index (κ1) is 12.5. The van der Waals surface area contributed by atoms with Crippen LogP contribution in [0, 0.1) is 6.92 Å². The van der Waals surface area contributed by atoms with Crippen molar-refractivity contribution in [1.82, 2.24) is 5.16 Å². The average molecular weight is 271 g/mol. The Morgan fingerprint density at radius 3 is 3.24 bits per heavy atom. The third-order valence-corrected chi connectivity index (χ3v) is 4.26. The molecular formula is C10H13N3O2S2. The van der Waals surface area contributed by atoms with E-state index in [1.165, 1.54) is 0 Å². The van der Waals surface area contributed by atoms with E-state index >= 15 is 0 Å². The molecule has 1 aromatic heterocycles. The van der Waals surface area contributed by atoms with Gasteiger partial charge in [0.15, 0.2) is 5.82 Å². The summed E-state index contributed by atoms with van der Waals surface area (Å²) in [6.45, 7) is 2.69. The van der Waals surface area contributed by atoms with Crippen LogP contribution in [0.1, 0.15) is 12.2 Å². The Bertz CT molecular complexity index is 431. The number of carbonyl (C=O) groups is 1. The second-order valence-corrected chi connectivity index (χ2v) is 5.89. The van der Waals surface area contributed by atoms with Crippen LogP contribution in [-0.2, 0) is 4.79 Å². The minimum absolute atomic E-state index is 0.0469. The molecule has 0 fully saturated rings.